The second-order valence-corrected chi connectivity index (χ2v) is 7.19. The van der Waals surface area contributed by atoms with Crippen molar-refractivity contribution in [3.05, 3.63) is 53.7 Å². The standard InChI is InChI=1S/C19H24N4O/c1-19(2,3)16-8-6-15(7-9-16)18(24)23-13-11-22(12-14-23)17-5-4-10-20-21-17/h4-10H,11-14H2,1-3H3. The van der Waals surface area contributed by atoms with E-state index in [0.717, 1.165) is 24.5 Å². The number of nitrogens with zero attached hydrogens (tertiary/aromatic N) is 4. The fourth-order valence-electron chi connectivity index (χ4n) is 2.90. The molecule has 0 saturated carbocycles. The van der Waals surface area contributed by atoms with Crippen molar-refractivity contribution in [2.75, 3.05) is 31.1 Å². The summed E-state index contributed by atoms with van der Waals surface area (Å²) in [6, 6.07) is 11.8. The van der Waals surface area contributed by atoms with Crippen molar-refractivity contribution in [1.82, 2.24) is 15.1 Å². The van der Waals surface area contributed by atoms with Crippen molar-refractivity contribution >= 4 is 11.7 Å². The van der Waals surface area contributed by atoms with Gasteiger partial charge in [-0.1, -0.05) is 32.9 Å². The van der Waals surface area contributed by atoms with Gasteiger partial charge in [-0.25, -0.2) is 0 Å². The van der Waals surface area contributed by atoms with Crippen LogP contribution in [0.5, 0.6) is 0 Å². The monoisotopic (exact) mass is 324 g/mol. The van der Waals surface area contributed by atoms with Crippen LogP contribution in [-0.2, 0) is 5.41 Å². The molecule has 126 valence electrons. The van der Waals surface area contributed by atoms with E-state index in [1.165, 1.54) is 5.56 Å². The van der Waals surface area contributed by atoms with E-state index in [4.69, 9.17) is 0 Å². The molecule has 0 bridgehead atoms. The van der Waals surface area contributed by atoms with Crippen LogP contribution < -0.4 is 4.90 Å². The number of carbonyl (C=O) groups is 1. The SMILES string of the molecule is CC(C)(C)c1ccc(C(=O)N2CCN(c3cccnn3)CC2)cc1. The molecular formula is C19H24N4O. The van der Waals surface area contributed by atoms with Crippen LogP contribution in [0.25, 0.3) is 0 Å². The van der Waals surface area contributed by atoms with Crippen molar-refractivity contribution in [3.63, 3.8) is 0 Å². The first-order valence-corrected chi connectivity index (χ1v) is 8.37. The first kappa shape index (κ1) is 16.4. The normalized spacial score (nSPS) is 15.5. The van der Waals surface area contributed by atoms with E-state index in [1.54, 1.807) is 6.20 Å². The number of amides is 1. The summed E-state index contributed by atoms with van der Waals surface area (Å²) in [5, 5.41) is 8.05. The van der Waals surface area contributed by atoms with Gasteiger partial charge < -0.3 is 9.80 Å². The molecule has 5 nitrogen and oxygen atoms in total. The van der Waals surface area contributed by atoms with Gasteiger partial charge in [0.1, 0.15) is 0 Å². The summed E-state index contributed by atoms with van der Waals surface area (Å²) in [7, 11) is 0. The summed E-state index contributed by atoms with van der Waals surface area (Å²) in [6.45, 7) is 9.50. The van der Waals surface area contributed by atoms with E-state index >= 15 is 0 Å². The van der Waals surface area contributed by atoms with E-state index in [-0.39, 0.29) is 11.3 Å². The summed E-state index contributed by atoms with van der Waals surface area (Å²) in [5.41, 5.74) is 2.10. The van der Waals surface area contributed by atoms with E-state index in [1.807, 2.05) is 29.2 Å². The van der Waals surface area contributed by atoms with Gasteiger partial charge in [0.05, 0.1) is 0 Å². The fraction of sp³-hybridized carbons (Fsp3) is 0.421. The summed E-state index contributed by atoms with van der Waals surface area (Å²) in [5.74, 6) is 0.980. The molecule has 2 heterocycles. The molecule has 1 amide bonds. The highest BCUT2D eigenvalue weighted by atomic mass is 16.2. The Kier molecular flexibility index (Phi) is 4.51. The van der Waals surface area contributed by atoms with Crippen LogP contribution in [0.1, 0.15) is 36.7 Å². The third kappa shape index (κ3) is 3.55. The molecule has 0 spiro atoms. The maximum Gasteiger partial charge on any atom is 0.253 e. The summed E-state index contributed by atoms with van der Waals surface area (Å²) >= 11 is 0. The third-order valence-corrected chi connectivity index (χ3v) is 4.45. The Labute approximate surface area is 143 Å². The smallest absolute Gasteiger partial charge is 0.253 e. The number of rotatable bonds is 2. The van der Waals surface area contributed by atoms with Crippen LogP contribution in [0, 0.1) is 0 Å². The molecule has 2 aromatic rings. The van der Waals surface area contributed by atoms with Crippen molar-refractivity contribution in [2.24, 2.45) is 0 Å². The number of anilines is 1. The molecule has 1 saturated heterocycles. The second-order valence-electron chi connectivity index (χ2n) is 7.19. The Bertz CT molecular complexity index is 684. The first-order valence-electron chi connectivity index (χ1n) is 8.37. The topological polar surface area (TPSA) is 49.3 Å². The predicted octanol–water partition coefficient (Wildman–Crippen LogP) is 2.74. The molecule has 5 heteroatoms. The summed E-state index contributed by atoms with van der Waals surface area (Å²) < 4.78 is 0. The van der Waals surface area contributed by atoms with Crippen LogP contribution in [0.3, 0.4) is 0 Å². The van der Waals surface area contributed by atoms with Gasteiger partial charge in [-0.2, -0.15) is 5.10 Å². The van der Waals surface area contributed by atoms with Gasteiger partial charge in [-0.15, -0.1) is 5.10 Å². The molecule has 1 aromatic carbocycles. The molecule has 0 radical (unpaired) electrons. The van der Waals surface area contributed by atoms with Crippen LogP contribution >= 0.6 is 0 Å². The van der Waals surface area contributed by atoms with E-state index in [0.29, 0.717) is 13.1 Å². The lowest BCUT2D eigenvalue weighted by atomic mass is 9.86. The minimum Gasteiger partial charge on any atom is -0.352 e. The maximum atomic E-state index is 12.7. The zero-order chi connectivity index (χ0) is 17.2. The first-order chi connectivity index (χ1) is 11.4. The molecule has 1 aliphatic rings. The highest BCUT2D eigenvalue weighted by Crippen LogP contribution is 2.23. The largest absolute Gasteiger partial charge is 0.352 e. The number of hydrogen-bond donors (Lipinski definition) is 0. The molecule has 0 atom stereocenters. The molecule has 1 aromatic heterocycles. The van der Waals surface area contributed by atoms with Crippen LogP contribution in [0.15, 0.2) is 42.6 Å². The second kappa shape index (κ2) is 6.59. The van der Waals surface area contributed by atoms with Gasteiger partial charge in [0.25, 0.3) is 5.91 Å². The molecule has 0 unspecified atom stereocenters. The zero-order valence-electron chi connectivity index (χ0n) is 14.6. The lowest BCUT2D eigenvalue weighted by Gasteiger charge is -2.35. The zero-order valence-corrected chi connectivity index (χ0v) is 14.6. The van der Waals surface area contributed by atoms with Gasteiger partial charge in [-0.3, -0.25) is 4.79 Å². The van der Waals surface area contributed by atoms with Crippen LogP contribution in [-0.4, -0.2) is 47.2 Å². The molecule has 1 fully saturated rings. The van der Waals surface area contributed by atoms with Crippen molar-refractivity contribution in [1.29, 1.82) is 0 Å². The van der Waals surface area contributed by atoms with Crippen molar-refractivity contribution in [2.45, 2.75) is 26.2 Å². The van der Waals surface area contributed by atoms with E-state index in [2.05, 4.69) is 48.0 Å². The highest BCUT2D eigenvalue weighted by Gasteiger charge is 2.23. The van der Waals surface area contributed by atoms with Gasteiger partial charge in [-0.05, 0) is 35.2 Å². The Balaban J connectivity index is 1.63. The fourth-order valence-corrected chi connectivity index (χ4v) is 2.90. The predicted molar refractivity (Wildman–Crippen MR) is 95.3 cm³/mol. The molecule has 0 aliphatic carbocycles. The number of piperazine rings is 1. The number of hydrogen-bond acceptors (Lipinski definition) is 4. The Morgan fingerprint density at radius 2 is 1.67 bits per heavy atom. The third-order valence-electron chi connectivity index (χ3n) is 4.45. The molecule has 24 heavy (non-hydrogen) atoms. The Morgan fingerprint density at radius 1 is 1.00 bits per heavy atom. The van der Waals surface area contributed by atoms with E-state index in [9.17, 15) is 4.79 Å². The molecular weight excluding hydrogens is 300 g/mol. The number of benzene rings is 1. The number of carbonyl (C=O) groups excluding carboxylic acids is 1. The lowest BCUT2D eigenvalue weighted by Crippen LogP contribution is -2.49. The molecule has 1 aliphatic heterocycles. The average Bonchev–Trinajstić information content (AvgIpc) is 2.61. The van der Waals surface area contributed by atoms with E-state index < -0.39 is 0 Å². The average molecular weight is 324 g/mol. The Hall–Kier alpha value is -2.43. The Morgan fingerprint density at radius 3 is 2.21 bits per heavy atom. The maximum absolute atomic E-state index is 12.7. The minimum absolute atomic E-state index is 0.101. The lowest BCUT2D eigenvalue weighted by molar-refractivity contribution is 0.0746. The molecule has 3 rings (SSSR count). The molecule has 0 N–H and O–H groups in total. The summed E-state index contributed by atoms with van der Waals surface area (Å²) in [4.78, 5) is 16.8. The van der Waals surface area contributed by atoms with Gasteiger partial charge in [0, 0.05) is 37.9 Å². The van der Waals surface area contributed by atoms with Crippen LogP contribution in [0.4, 0.5) is 5.82 Å². The van der Waals surface area contributed by atoms with Gasteiger partial charge in [0.15, 0.2) is 5.82 Å². The summed E-state index contributed by atoms with van der Waals surface area (Å²) in [6.07, 6.45) is 1.67. The van der Waals surface area contributed by atoms with Gasteiger partial charge >= 0.3 is 0 Å². The minimum atomic E-state index is 0.101. The van der Waals surface area contributed by atoms with Gasteiger partial charge in [0.2, 0.25) is 0 Å². The number of aromatic nitrogens is 2. The van der Waals surface area contributed by atoms with Crippen LogP contribution in [0.2, 0.25) is 0 Å². The quantitative estimate of drug-likeness (QED) is 0.852. The highest BCUT2D eigenvalue weighted by molar-refractivity contribution is 5.94. The van der Waals surface area contributed by atoms with Crippen molar-refractivity contribution in [3.8, 4) is 0 Å². The van der Waals surface area contributed by atoms with Crippen molar-refractivity contribution < 1.29 is 4.79 Å².